The summed E-state index contributed by atoms with van der Waals surface area (Å²) in [4.78, 5) is 0. The van der Waals surface area contributed by atoms with Gasteiger partial charge in [-0.25, -0.2) is 0 Å². The highest BCUT2D eigenvalue weighted by Crippen LogP contribution is 2.35. The topological polar surface area (TPSA) is 36.9 Å². The minimum absolute atomic E-state index is 0.340. The summed E-state index contributed by atoms with van der Waals surface area (Å²) in [6.45, 7) is 4.46. The maximum absolute atomic E-state index is 5.37. The molecule has 0 aliphatic rings. The van der Waals surface area contributed by atoms with Crippen LogP contribution in [-0.4, -0.2) is 44.4 Å². The Bertz CT molecular complexity index is 137. The molecule has 0 spiro atoms. The standard InChI is InChI=1S/C8H20O4Si/c1-7(2,6-9-3)8(10-4,11-5)12-13/h6H2,1-5,13H3. The van der Waals surface area contributed by atoms with E-state index in [4.69, 9.17) is 18.6 Å². The van der Waals surface area contributed by atoms with Crippen molar-refractivity contribution in [3.63, 3.8) is 0 Å². The molecule has 0 saturated carbocycles. The first-order valence-corrected chi connectivity index (χ1v) is 4.95. The molecule has 13 heavy (non-hydrogen) atoms. The molecule has 0 rings (SSSR count). The van der Waals surface area contributed by atoms with E-state index in [1.165, 1.54) is 0 Å². The Hall–Kier alpha value is 0.0569. The van der Waals surface area contributed by atoms with Crippen LogP contribution in [0.25, 0.3) is 0 Å². The molecule has 0 aliphatic heterocycles. The Labute approximate surface area is 83.0 Å². The van der Waals surface area contributed by atoms with Gasteiger partial charge in [0.25, 0.3) is 5.97 Å². The average molecular weight is 208 g/mol. The summed E-state index contributed by atoms with van der Waals surface area (Å²) < 4.78 is 21.0. The van der Waals surface area contributed by atoms with Crippen molar-refractivity contribution < 1.29 is 18.6 Å². The Balaban J connectivity index is 4.68. The van der Waals surface area contributed by atoms with Crippen molar-refractivity contribution in [2.24, 2.45) is 5.41 Å². The third-order valence-corrected chi connectivity index (χ3v) is 2.68. The molecule has 0 atom stereocenters. The minimum Gasteiger partial charge on any atom is -0.384 e. The van der Waals surface area contributed by atoms with E-state index >= 15 is 0 Å². The summed E-state index contributed by atoms with van der Waals surface area (Å²) in [5.74, 6) is -0.991. The highest BCUT2D eigenvalue weighted by molar-refractivity contribution is 5.98. The molecule has 0 fully saturated rings. The van der Waals surface area contributed by atoms with E-state index in [0.29, 0.717) is 17.1 Å². The first kappa shape index (κ1) is 13.1. The van der Waals surface area contributed by atoms with Gasteiger partial charge in [-0.15, -0.1) is 0 Å². The Morgan fingerprint density at radius 1 is 1.08 bits per heavy atom. The second-order valence-electron chi connectivity index (χ2n) is 3.49. The lowest BCUT2D eigenvalue weighted by molar-refractivity contribution is -0.378. The molecule has 0 aromatic rings. The van der Waals surface area contributed by atoms with Gasteiger partial charge >= 0.3 is 0 Å². The zero-order valence-corrected chi connectivity index (χ0v) is 11.3. The van der Waals surface area contributed by atoms with Crippen LogP contribution in [0.4, 0.5) is 0 Å². The molecule has 0 aromatic heterocycles. The lowest BCUT2D eigenvalue weighted by Crippen LogP contribution is -2.52. The molecule has 5 heteroatoms. The maximum Gasteiger partial charge on any atom is 0.279 e. The van der Waals surface area contributed by atoms with Crippen molar-refractivity contribution in [1.29, 1.82) is 0 Å². The normalized spacial score (nSPS) is 13.6. The highest BCUT2D eigenvalue weighted by Gasteiger charge is 2.46. The Morgan fingerprint density at radius 3 is 1.77 bits per heavy atom. The van der Waals surface area contributed by atoms with Crippen LogP contribution in [0.3, 0.4) is 0 Å². The van der Waals surface area contributed by atoms with Gasteiger partial charge in [0.05, 0.1) is 12.0 Å². The number of hydrogen-bond donors (Lipinski definition) is 0. The monoisotopic (exact) mass is 208 g/mol. The SMILES string of the molecule is COCC(C)(C)C(OC)(OC)O[SiH3]. The van der Waals surface area contributed by atoms with E-state index in [0.717, 1.165) is 0 Å². The van der Waals surface area contributed by atoms with Crippen LogP contribution in [-0.2, 0) is 18.6 Å². The summed E-state index contributed by atoms with van der Waals surface area (Å²) >= 11 is 0. The molecule has 0 unspecified atom stereocenters. The first-order valence-electron chi connectivity index (χ1n) is 4.14. The molecule has 0 aliphatic carbocycles. The Morgan fingerprint density at radius 2 is 1.54 bits per heavy atom. The Kier molecular flexibility index (Phi) is 5.09. The highest BCUT2D eigenvalue weighted by atomic mass is 28.2. The van der Waals surface area contributed by atoms with Crippen LogP contribution in [0.2, 0.25) is 0 Å². The summed E-state index contributed by atoms with van der Waals surface area (Å²) in [5.41, 5.74) is -0.340. The van der Waals surface area contributed by atoms with Gasteiger partial charge in [0.1, 0.15) is 0 Å². The van der Waals surface area contributed by atoms with E-state index in [9.17, 15) is 0 Å². The van der Waals surface area contributed by atoms with Crippen molar-refractivity contribution in [2.45, 2.75) is 19.8 Å². The van der Waals surface area contributed by atoms with E-state index in [2.05, 4.69) is 0 Å². The third kappa shape index (κ3) is 2.51. The lowest BCUT2D eigenvalue weighted by Gasteiger charge is -2.42. The van der Waals surface area contributed by atoms with Crippen molar-refractivity contribution in [1.82, 2.24) is 0 Å². The third-order valence-electron chi connectivity index (χ3n) is 2.14. The van der Waals surface area contributed by atoms with E-state index in [1.54, 1.807) is 21.3 Å². The molecule has 4 nitrogen and oxygen atoms in total. The predicted molar refractivity (Wildman–Crippen MR) is 53.4 cm³/mol. The van der Waals surface area contributed by atoms with Crippen LogP contribution >= 0.6 is 0 Å². The van der Waals surface area contributed by atoms with Gasteiger partial charge in [0.15, 0.2) is 10.5 Å². The van der Waals surface area contributed by atoms with Crippen LogP contribution in [0, 0.1) is 5.41 Å². The quantitative estimate of drug-likeness (QED) is 0.451. The molecule has 0 aromatic carbocycles. The zero-order valence-electron chi connectivity index (χ0n) is 9.34. The van der Waals surface area contributed by atoms with Crippen molar-refractivity contribution in [3.8, 4) is 0 Å². The lowest BCUT2D eigenvalue weighted by atomic mass is 9.91. The van der Waals surface area contributed by atoms with Gasteiger partial charge < -0.3 is 18.6 Å². The van der Waals surface area contributed by atoms with Gasteiger partial charge in [-0.2, -0.15) is 0 Å². The number of hydrogen-bond acceptors (Lipinski definition) is 4. The molecule has 0 radical (unpaired) electrons. The summed E-state index contributed by atoms with van der Waals surface area (Å²) in [6.07, 6.45) is 0. The largest absolute Gasteiger partial charge is 0.384 e. The van der Waals surface area contributed by atoms with E-state index < -0.39 is 5.97 Å². The summed E-state index contributed by atoms with van der Waals surface area (Å²) in [6, 6.07) is 0. The van der Waals surface area contributed by atoms with E-state index in [-0.39, 0.29) is 5.41 Å². The van der Waals surface area contributed by atoms with E-state index in [1.807, 2.05) is 13.8 Å². The molecular weight excluding hydrogens is 188 g/mol. The second-order valence-corrected chi connectivity index (χ2v) is 3.89. The fourth-order valence-corrected chi connectivity index (χ4v) is 2.41. The maximum atomic E-state index is 5.37. The molecule has 0 saturated heterocycles. The summed E-state index contributed by atoms with van der Waals surface area (Å²) in [7, 11) is 5.33. The minimum atomic E-state index is -0.991. The average Bonchev–Trinajstić information content (AvgIpc) is 2.07. The van der Waals surface area contributed by atoms with Gasteiger partial charge in [-0.1, -0.05) is 0 Å². The zero-order chi connectivity index (χ0) is 10.5. The molecule has 0 N–H and O–H groups in total. The molecular formula is C8H20O4Si. The van der Waals surface area contributed by atoms with Gasteiger partial charge in [0, 0.05) is 21.3 Å². The summed E-state index contributed by atoms with van der Waals surface area (Å²) in [5, 5.41) is 0. The van der Waals surface area contributed by atoms with Crippen LogP contribution in [0.15, 0.2) is 0 Å². The van der Waals surface area contributed by atoms with Crippen LogP contribution < -0.4 is 0 Å². The second kappa shape index (κ2) is 5.07. The number of methoxy groups -OCH3 is 3. The molecule has 0 bridgehead atoms. The fourth-order valence-electron chi connectivity index (χ4n) is 1.53. The van der Waals surface area contributed by atoms with Crippen molar-refractivity contribution in [3.05, 3.63) is 0 Å². The first-order chi connectivity index (χ1) is 5.99. The van der Waals surface area contributed by atoms with Crippen LogP contribution in [0.1, 0.15) is 13.8 Å². The fraction of sp³-hybridized carbons (Fsp3) is 1.00. The number of ether oxygens (including phenoxy) is 3. The van der Waals surface area contributed by atoms with Crippen molar-refractivity contribution >= 4 is 10.5 Å². The van der Waals surface area contributed by atoms with Gasteiger partial charge in [0.2, 0.25) is 0 Å². The predicted octanol–water partition coefficient (Wildman–Crippen LogP) is -0.0974. The van der Waals surface area contributed by atoms with Gasteiger partial charge in [-0.05, 0) is 13.8 Å². The molecule has 0 heterocycles. The number of rotatable bonds is 6. The smallest absolute Gasteiger partial charge is 0.279 e. The molecule has 80 valence electrons. The van der Waals surface area contributed by atoms with Crippen LogP contribution in [0.5, 0.6) is 0 Å². The van der Waals surface area contributed by atoms with Crippen molar-refractivity contribution in [2.75, 3.05) is 27.9 Å². The molecule has 0 amide bonds. The van der Waals surface area contributed by atoms with Gasteiger partial charge in [-0.3, -0.25) is 0 Å².